The predicted molar refractivity (Wildman–Crippen MR) is 82.0 cm³/mol. The summed E-state index contributed by atoms with van der Waals surface area (Å²) in [5.74, 6) is 0.0390. The Morgan fingerprint density at radius 1 is 1.37 bits per heavy atom. The van der Waals surface area contributed by atoms with E-state index in [1.165, 1.54) is 0 Å². The van der Waals surface area contributed by atoms with E-state index in [2.05, 4.69) is 10.2 Å². The fourth-order valence-electron chi connectivity index (χ4n) is 1.88. The van der Waals surface area contributed by atoms with E-state index < -0.39 is 0 Å². The zero-order valence-electron chi connectivity index (χ0n) is 11.5. The van der Waals surface area contributed by atoms with Crippen LogP contribution >= 0.6 is 12.2 Å². The summed E-state index contributed by atoms with van der Waals surface area (Å²) in [7, 11) is 0. The summed E-state index contributed by atoms with van der Waals surface area (Å²) in [6.07, 6.45) is 0. The summed E-state index contributed by atoms with van der Waals surface area (Å²) in [5, 5.41) is 2.80. The number of carbonyl (C=O) groups excluding carboxylic acids is 1. The maximum absolute atomic E-state index is 11.6. The predicted octanol–water partition coefficient (Wildman–Crippen LogP) is 1.28. The SMILES string of the molecule is CCNC(=O)CN(CC)Cc1ccccc1C(N)=S. The Morgan fingerprint density at radius 3 is 2.63 bits per heavy atom. The Kier molecular flexibility index (Phi) is 6.45. The van der Waals surface area contributed by atoms with Crippen LogP contribution in [0.2, 0.25) is 0 Å². The van der Waals surface area contributed by atoms with Crippen molar-refractivity contribution in [1.29, 1.82) is 0 Å². The molecule has 0 radical (unpaired) electrons. The van der Waals surface area contributed by atoms with Crippen LogP contribution in [-0.2, 0) is 11.3 Å². The van der Waals surface area contributed by atoms with Crippen molar-refractivity contribution in [2.24, 2.45) is 5.73 Å². The van der Waals surface area contributed by atoms with E-state index in [0.29, 0.717) is 24.6 Å². The van der Waals surface area contributed by atoms with Crippen LogP contribution in [0.1, 0.15) is 25.0 Å². The summed E-state index contributed by atoms with van der Waals surface area (Å²) < 4.78 is 0. The second-order valence-corrected chi connectivity index (χ2v) is 4.72. The first-order chi connectivity index (χ1) is 9.08. The lowest BCUT2D eigenvalue weighted by Gasteiger charge is -2.21. The lowest BCUT2D eigenvalue weighted by atomic mass is 10.1. The topological polar surface area (TPSA) is 58.4 Å². The molecule has 0 saturated carbocycles. The van der Waals surface area contributed by atoms with Gasteiger partial charge in [-0.2, -0.15) is 0 Å². The van der Waals surface area contributed by atoms with Gasteiger partial charge in [0.05, 0.1) is 6.54 Å². The van der Waals surface area contributed by atoms with Gasteiger partial charge in [-0.1, -0.05) is 43.4 Å². The van der Waals surface area contributed by atoms with E-state index in [1.54, 1.807) is 0 Å². The second-order valence-electron chi connectivity index (χ2n) is 4.28. The van der Waals surface area contributed by atoms with E-state index in [1.807, 2.05) is 38.1 Å². The van der Waals surface area contributed by atoms with Gasteiger partial charge in [-0.15, -0.1) is 0 Å². The molecule has 0 bridgehead atoms. The molecule has 0 aliphatic carbocycles. The van der Waals surface area contributed by atoms with Crippen LogP contribution in [0.4, 0.5) is 0 Å². The Balaban J connectivity index is 2.75. The first-order valence-corrected chi connectivity index (χ1v) is 6.86. The fourth-order valence-corrected chi connectivity index (χ4v) is 2.07. The van der Waals surface area contributed by atoms with Crippen LogP contribution in [0.25, 0.3) is 0 Å². The van der Waals surface area contributed by atoms with Gasteiger partial charge in [0.15, 0.2) is 0 Å². The van der Waals surface area contributed by atoms with Crippen molar-refractivity contribution in [3.63, 3.8) is 0 Å². The molecule has 1 amide bonds. The van der Waals surface area contributed by atoms with Crippen molar-refractivity contribution in [2.45, 2.75) is 20.4 Å². The molecule has 1 aromatic carbocycles. The molecule has 5 heteroatoms. The van der Waals surface area contributed by atoms with Gasteiger partial charge in [-0.3, -0.25) is 9.69 Å². The highest BCUT2D eigenvalue weighted by Crippen LogP contribution is 2.11. The van der Waals surface area contributed by atoms with Gasteiger partial charge in [0.25, 0.3) is 0 Å². The largest absolute Gasteiger partial charge is 0.389 e. The number of rotatable bonds is 7. The van der Waals surface area contributed by atoms with Crippen LogP contribution in [0.3, 0.4) is 0 Å². The second kappa shape index (κ2) is 7.86. The standard InChI is InChI=1S/C14H21N3OS/c1-3-16-13(18)10-17(4-2)9-11-7-5-6-8-12(11)14(15)19/h5-8H,3-4,9-10H2,1-2H3,(H2,15,19)(H,16,18). The van der Waals surface area contributed by atoms with Crippen molar-refractivity contribution >= 4 is 23.1 Å². The Bertz CT molecular complexity index is 448. The minimum Gasteiger partial charge on any atom is -0.389 e. The number of nitrogens with two attached hydrogens (primary N) is 1. The smallest absolute Gasteiger partial charge is 0.234 e. The summed E-state index contributed by atoms with van der Waals surface area (Å²) in [6.45, 7) is 6.44. The molecule has 19 heavy (non-hydrogen) atoms. The molecule has 1 rings (SSSR count). The Morgan fingerprint density at radius 2 is 2.05 bits per heavy atom. The molecule has 0 fully saturated rings. The molecule has 0 spiro atoms. The third kappa shape index (κ3) is 4.96. The van der Waals surface area contributed by atoms with E-state index >= 15 is 0 Å². The summed E-state index contributed by atoms with van der Waals surface area (Å²) in [5.41, 5.74) is 7.65. The summed E-state index contributed by atoms with van der Waals surface area (Å²) in [4.78, 5) is 14.1. The molecule has 104 valence electrons. The number of thiocarbonyl (C=S) groups is 1. The summed E-state index contributed by atoms with van der Waals surface area (Å²) >= 11 is 5.05. The van der Waals surface area contributed by atoms with E-state index in [-0.39, 0.29) is 5.91 Å². The normalized spacial score (nSPS) is 10.5. The number of hydrogen-bond acceptors (Lipinski definition) is 3. The monoisotopic (exact) mass is 279 g/mol. The molecule has 0 aliphatic rings. The van der Waals surface area contributed by atoms with Gasteiger partial charge in [-0.05, 0) is 19.0 Å². The zero-order valence-corrected chi connectivity index (χ0v) is 12.3. The van der Waals surface area contributed by atoms with Crippen molar-refractivity contribution in [1.82, 2.24) is 10.2 Å². The Hall–Kier alpha value is -1.46. The molecule has 0 aromatic heterocycles. The minimum absolute atomic E-state index is 0.0390. The maximum atomic E-state index is 11.6. The van der Waals surface area contributed by atoms with Crippen LogP contribution in [0.5, 0.6) is 0 Å². The van der Waals surface area contributed by atoms with Crippen molar-refractivity contribution in [3.05, 3.63) is 35.4 Å². The first-order valence-electron chi connectivity index (χ1n) is 6.45. The van der Waals surface area contributed by atoms with Crippen LogP contribution < -0.4 is 11.1 Å². The molecule has 3 N–H and O–H groups in total. The number of likely N-dealkylation sites (N-methyl/N-ethyl adjacent to an activating group) is 2. The van der Waals surface area contributed by atoms with E-state index in [9.17, 15) is 4.79 Å². The third-order valence-electron chi connectivity index (χ3n) is 2.87. The number of nitrogens with zero attached hydrogens (tertiary/aromatic N) is 1. The average Bonchev–Trinajstić information content (AvgIpc) is 2.38. The number of hydrogen-bond donors (Lipinski definition) is 2. The molecule has 0 saturated heterocycles. The summed E-state index contributed by atoms with van der Waals surface area (Å²) in [6, 6.07) is 7.78. The van der Waals surface area contributed by atoms with Crippen LogP contribution in [0, 0.1) is 0 Å². The Labute approximate surface area is 120 Å². The lowest BCUT2D eigenvalue weighted by Crippen LogP contribution is -2.37. The van der Waals surface area contributed by atoms with Crippen molar-refractivity contribution in [2.75, 3.05) is 19.6 Å². The number of benzene rings is 1. The third-order valence-corrected chi connectivity index (χ3v) is 3.09. The molecular formula is C14H21N3OS. The van der Waals surface area contributed by atoms with Crippen molar-refractivity contribution in [3.8, 4) is 0 Å². The van der Waals surface area contributed by atoms with Gasteiger partial charge in [0, 0.05) is 18.7 Å². The van der Waals surface area contributed by atoms with E-state index in [0.717, 1.165) is 17.7 Å². The van der Waals surface area contributed by atoms with Gasteiger partial charge in [0.2, 0.25) is 5.91 Å². The molecular weight excluding hydrogens is 258 g/mol. The molecule has 4 nitrogen and oxygen atoms in total. The van der Waals surface area contributed by atoms with Crippen LogP contribution in [-0.4, -0.2) is 35.4 Å². The number of amides is 1. The maximum Gasteiger partial charge on any atom is 0.234 e. The average molecular weight is 279 g/mol. The molecule has 1 aromatic rings. The van der Waals surface area contributed by atoms with Gasteiger partial charge < -0.3 is 11.1 Å². The number of carbonyl (C=O) groups is 1. The zero-order chi connectivity index (χ0) is 14.3. The van der Waals surface area contributed by atoms with Gasteiger partial charge >= 0.3 is 0 Å². The first kappa shape index (κ1) is 15.6. The fraction of sp³-hybridized carbons (Fsp3) is 0.429. The highest BCUT2D eigenvalue weighted by molar-refractivity contribution is 7.80. The number of nitrogens with one attached hydrogen (secondary N) is 1. The minimum atomic E-state index is 0.0390. The van der Waals surface area contributed by atoms with Crippen LogP contribution in [0.15, 0.2) is 24.3 Å². The van der Waals surface area contributed by atoms with E-state index in [4.69, 9.17) is 18.0 Å². The highest BCUT2D eigenvalue weighted by atomic mass is 32.1. The molecule has 0 atom stereocenters. The highest BCUT2D eigenvalue weighted by Gasteiger charge is 2.11. The van der Waals surface area contributed by atoms with Crippen molar-refractivity contribution < 1.29 is 4.79 Å². The van der Waals surface area contributed by atoms with Gasteiger partial charge in [0.1, 0.15) is 4.99 Å². The quantitative estimate of drug-likeness (QED) is 0.738. The molecule has 0 aliphatic heterocycles. The molecule has 0 unspecified atom stereocenters. The molecule has 0 heterocycles. The van der Waals surface area contributed by atoms with Gasteiger partial charge in [-0.25, -0.2) is 0 Å². The lowest BCUT2D eigenvalue weighted by molar-refractivity contribution is -0.122.